The number of allylic oxidation sites excluding steroid dienone is 4. The van der Waals surface area contributed by atoms with Crippen LogP contribution in [-0.4, -0.2) is 22.5 Å². The molecule has 1 unspecified atom stereocenters. The van der Waals surface area contributed by atoms with Crippen molar-refractivity contribution in [2.24, 2.45) is 17.3 Å². The van der Waals surface area contributed by atoms with Gasteiger partial charge in [0.05, 0.1) is 18.5 Å². The van der Waals surface area contributed by atoms with Gasteiger partial charge in [0.15, 0.2) is 5.75 Å². The fourth-order valence-corrected chi connectivity index (χ4v) is 4.06. The van der Waals surface area contributed by atoms with E-state index in [2.05, 4.69) is 15.3 Å². The first-order valence-corrected chi connectivity index (χ1v) is 9.80. The van der Waals surface area contributed by atoms with Crippen molar-refractivity contribution in [3.63, 3.8) is 0 Å². The number of amides is 1. The zero-order valence-corrected chi connectivity index (χ0v) is 16.6. The molecule has 0 radical (unpaired) electrons. The summed E-state index contributed by atoms with van der Waals surface area (Å²) in [6, 6.07) is 9.37. The minimum Gasteiger partial charge on any atom is -0.489 e. The average Bonchev–Trinajstić information content (AvgIpc) is 3.44. The fourth-order valence-electron chi connectivity index (χ4n) is 4.06. The maximum atomic E-state index is 14.0. The minimum absolute atomic E-state index is 0.0555. The molecule has 2 aliphatic rings. The predicted octanol–water partition coefficient (Wildman–Crippen LogP) is 4.55. The van der Waals surface area contributed by atoms with Crippen LogP contribution in [0.5, 0.6) is 5.75 Å². The third-order valence-electron chi connectivity index (χ3n) is 5.80. The second kappa shape index (κ2) is 7.78. The molecule has 150 valence electrons. The van der Waals surface area contributed by atoms with Crippen molar-refractivity contribution in [3.8, 4) is 5.75 Å². The van der Waals surface area contributed by atoms with E-state index in [1.807, 2.05) is 50.3 Å². The van der Waals surface area contributed by atoms with Crippen LogP contribution in [-0.2, 0) is 4.79 Å². The Kier molecular flexibility index (Phi) is 5.18. The molecule has 2 aliphatic carbocycles. The number of benzene rings is 1. The number of nitrogens with one attached hydrogen (secondary N) is 1. The third kappa shape index (κ3) is 4.06. The van der Waals surface area contributed by atoms with Gasteiger partial charge in [-0.2, -0.15) is 0 Å². The van der Waals surface area contributed by atoms with E-state index in [-0.39, 0.29) is 23.6 Å². The monoisotopic (exact) mass is 393 g/mol. The molecule has 0 spiro atoms. The molecule has 29 heavy (non-hydrogen) atoms. The van der Waals surface area contributed by atoms with Crippen molar-refractivity contribution in [1.29, 1.82) is 0 Å². The highest BCUT2D eigenvalue weighted by atomic mass is 19.1. The number of carbonyl (C=O) groups excluding carboxylic acids is 1. The van der Waals surface area contributed by atoms with Crippen molar-refractivity contribution < 1.29 is 13.9 Å². The summed E-state index contributed by atoms with van der Waals surface area (Å²) in [7, 11) is 0. The molecular formula is C23H24FN3O2. The normalized spacial score (nSPS) is 25.3. The number of halogens is 1. The Morgan fingerprint density at radius 3 is 2.83 bits per heavy atom. The largest absolute Gasteiger partial charge is 0.489 e. The topological polar surface area (TPSA) is 64.1 Å². The number of aryl methyl sites for hydroxylation is 2. The zero-order valence-electron chi connectivity index (χ0n) is 16.6. The van der Waals surface area contributed by atoms with Crippen LogP contribution in [0.1, 0.15) is 24.4 Å². The van der Waals surface area contributed by atoms with Crippen molar-refractivity contribution in [1.82, 2.24) is 9.97 Å². The Morgan fingerprint density at radius 2 is 2.10 bits per heavy atom. The van der Waals surface area contributed by atoms with Gasteiger partial charge in [-0.25, -0.2) is 14.4 Å². The van der Waals surface area contributed by atoms with Gasteiger partial charge in [0.25, 0.3) is 0 Å². The molecule has 1 amide bonds. The highest BCUT2D eigenvalue weighted by Gasteiger charge is 2.62. The molecular weight excluding hydrogens is 369 g/mol. The SMILES string of the molecule is Cc1ncc(OC[C@@]2(C3C=CC=C(F)C3)C[C@H]2C(=O)Nc2ccccc2)c(C)n1. The first kappa shape index (κ1) is 19.3. The van der Waals surface area contributed by atoms with Gasteiger partial charge in [0, 0.05) is 23.4 Å². The van der Waals surface area contributed by atoms with Crippen molar-refractivity contribution in [2.75, 3.05) is 11.9 Å². The second-order valence-corrected chi connectivity index (χ2v) is 7.81. The zero-order chi connectivity index (χ0) is 20.4. The molecule has 1 fully saturated rings. The molecule has 5 nitrogen and oxygen atoms in total. The van der Waals surface area contributed by atoms with Crippen LogP contribution in [0.4, 0.5) is 10.1 Å². The lowest BCUT2D eigenvalue weighted by molar-refractivity contribution is -0.118. The summed E-state index contributed by atoms with van der Waals surface area (Å²) in [6.45, 7) is 4.01. The molecule has 0 saturated heterocycles. The van der Waals surface area contributed by atoms with Gasteiger partial charge >= 0.3 is 0 Å². The lowest BCUT2D eigenvalue weighted by atomic mass is 9.82. The van der Waals surface area contributed by atoms with E-state index in [1.54, 1.807) is 12.3 Å². The maximum absolute atomic E-state index is 14.0. The molecule has 1 heterocycles. The summed E-state index contributed by atoms with van der Waals surface area (Å²) in [5, 5.41) is 2.97. The van der Waals surface area contributed by atoms with Gasteiger partial charge < -0.3 is 10.1 Å². The van der Waals surface area contributed by atoms with Crippen LogP contribution in [0.25, 0.3) is 0 Å². The maximum Gasteiger partial charge on any atom is 0.228 e. The van der Waals surface area contributed by atoms with Gasteiger partial charge in [-0.3, -0.25) is 4.79 Å². The summed E-state index contributed by atoms with van der Waals surface area (Å²) in [6.07, 6.45) is 7.79. The number of nitrogens with zero attached hydrogens (tertiary/aromatic N) is 2. The fraction of sp³-hybridized carbons (Fsp3) is 0.348. The lowest BCUT2D eigenvalue weighted by Crippen LogP contribution is -2.30. The van der Waals surface area contributed by atoms with E-state index in [4.69, 9.17) is 4.74 Å². The number of ether oxygens (including phenoxy) is 1. The molecule has 1 N–H and O–H groups in total. The third-order valence-corrected chi connectivity index (χ3v) is 5.80. The number of anilines is 1. The molecule has 6 heteroatoms. The van der Waals surface area contributed by atoms with Gasteiger partial charge in [-0.15, -0.1) is 0 Å². The van der Waals surface area contributed by atoms with Crippen LogP contribution >= 0.6 is 0 Å². The quantitative estimate of drug-likeness (QED) is 0.782. The van der Waals surface area contributed by atoms with Crippen LogP contribution in [0, 0.1) is 31.1 Å². The molecule has 4 rings (SSSR count). The predicted molar refractivity (Wildman–Crippen MR) is 109 cm³/mol. The van der Waals surface area contributed by atoms with Gasteiger partial charge in [-0.05, 0) is 44.4 Å². The molecule has 2 aromatic rings. The summed E-state index contributed by atoms with van der Waals surface area (Å²) in [5.74, 6) is 0.722. The smallest absolute Gasteiger partial charge is 0.228 e. The van der Waals surface area contributed by atoms with Crippen molar-refractivity contribution >= 4 is 11.6 Å². The van der Waals surface area contributed by atoms with Crippen molar-refractivity contribution in [3.05, 3.63) is 72.1 Å². The molecule has 1 saturated carbocycles. The van der Waals surface area contributed by atoms with Crippen molar-refractivity contribution in [2.45, 2.75) is 26.7 Å². The number of hydrogen-bond acceptors (Lipinski definition) is 4. The highest BCUT2D eigenvalue weighted by molar-refractivity contribution is 5.95. The molecule has 1 aromatic heterocycles. The van der Waals surface area contributed by atoms with Crippen LogP contribution in [0.15, 0.2) is 60.6 Å². The van der Waals surface area contributed by atoms with Crippen LogP contribution in [0.2, 0.25) is 0 Å². The Bertz CT molecular complexity index is 973. The van der Waals surface area contributed by atoms with Gasteiger partial charge in [0.2, 0.25) is 5.91 Å². The number of rotatable bonds is 6. The highest BCUT2D eigenvalue weighted by Crippen LogP contribution is 2.60. The summed E-state index contributed by atoms with van der Waals surface area (Å²) < 4.78 is 20.0. The number of aromatic nitrogens is 2. The first-order chi connectivity index (χ1) is 14.0. The molecule has 0 aliphatic heterocycles. The van der Waals surface area contributed by atoms with Crippen LogP contribution < -0.4 is 10.1 Å². The first-order valence-electron chi connectivity index (χ1n) is 9.80. The lowest BCUT2D eigenvalue weighted by Gasteiger charge is -2.27. The molecule has 3 atom stereocenters. The Hall–Kier alpha value is -3.02. The van der Waals surface area contributed by atoms with Gasteiger partial charge in [0.1, 0.15) is 11.7 Å². The number of hydrogen-bond donors (Lipinski definition) is 1. The van der Waals surface area contributed by atoms with Gasteiger partial charge in [-0.1, -0.05) is 30.4 Å². The Balaban J connectivity index is 1.52. The van der Waals surface area contributed by atoms with E-state index in [1.165, 1.54) is 6.08 Å². The summed E-state index contributed by atoms with van der Waals surface area (Å²) in [5.41, 5.74) is 1.06. The Morgan fingerprint density at radius 1 is 1.31 bits per heavy atom. The number of para-hydroxylation sites is 1. The molecule has 0 bridgehead atoms. The Labute approximate surface area is 169 Å². The average molecular weight is 393 g/mol. The van der Waals surface area contributed by atoms with E-state index in [9.17, 15) is 9.18 Å². The minimum atomic E-state index is -0.446. The second-order valence-electron chi connectivity index (χ2n) is 7.81. The molecule has 1 aromatic carbocycles. The van der Waals surface area contributed by atoms with Crippen LogP contribution in [0.3, 0.4) is 0 Å². The summed E-state index contributed by atoms with van der Waals surface area (Å²) >= 11 is 0. The van der Waals surface area contributed by atoms with E-state index >= 15 is 0 Å². The van der Waals surface area contributed by atoms with E-state index in [0.29, 0.717) is 31.0 Å². The summed E-state index contributed by atoms with van der Waals surface area (Å²) in [4.78, 5) is 21.4. The number of carbonyl (C=O) groups is 1. The van der Waals surface area contributed by atoms with E-state index < -0.39 is 5.41 Å². The van der Waals surface area contributed by atoms with E-state index in [0.717, 1.165) is 11.4 Å². The standard InChI is InChI=1S/C23H24FN3O2/c1-15-21(13-25-16(2)26-15)29-14-23(17-7-6-8-18(24)11-17)12-20(23)22(28)27-19-9-4-3-5-10-19/h3-10,13,17,20H,11-12,14H2,1-2H3,(H,27,28)/t17?,20-,23+/m0/s1.